The molecule has 33 heavy (non-hydrogen) atoms. The van der Waals surface area contributed by atoms with Crippen LogP contribution in [0.2, 0.25) is 10.0 Å². The van der Waals surface area contributed by atoms with Gasteiger partial charge in [-0.25, -0.2) is 0 Å². The lowest BCUT2D eigenvalue weighted by Gasteiger charge is -2.15. The molecule has 0 heterocycles. The van der Waals surface area contributed by atoms with E-state index in [2.05, 4.69) is 6.07 Å². The van der Waals surface area contributed by atoms with Crippen LogP contribution in [0.3, 0.4) is 0 Å². The molecule has 0 aliphatic heterocycles. The Morgan fingerprint density at radius 1 is 0.909 bits per heavy atom. The van der Waals surface area contributed by atoms with Crippen molar-refractivity contribution in [3.8, 4) is 17.6 Å². The van der Waals surface area contributed by atoms with Crippen LogP contribution in [-0.2, 0) is 6.61 Å². The summed E-state index contributed by atoms with van der Waals surface area (Å²) in [5, 5.41) is 13.1. The third-order valence-electron chi connectivity index (χ3n) is 5.12. The first-order valence-electron chi connectivity index (χ1n) is 10.5. The van der Waals surface area contributed by atoms with E-state index in [1.165, 1.54) is 0 Å². The van der Waals surface area contributed by atoms with Crippen molar-refractivity contribution < 1.29 is 9.47 Å². The molecule has 0 fully saturated rings. The summed E-state index contributed by atoms with van der Waals surface area (Å²) in [5.74, 6) is 0.996. The number of rotatable bonds is 7. The maximum atomic E-state index is 9.82. The maximum absolute atomic E-state index is 9.82. The number of ether oxygens (including phenoxy) is 2. The van der Waals surface area contributed by atoms with Crippen molar-refractivity contribution >= 4 is 45.6 Å². The van der Waals surface area contributed by atoms with Gasteiger partial charge < -0.3 is 9.47 Å². The Kier molecular flexibility index (Phi) is 7.19. The number of fused-ring (bicyclic) bond motifs is 1. The summed E-state index contributed by atoms with van der Waals surface area (Å²) >= 11 is 12.5. The van der Waals surface area contributed by atoms with Crippen molar-refractivity contribution in [3.63, 3.8) is 0 Å². The van der Waals surface area contributed by atoms with Crippen molar-refractivity contribution in [1.29, 1.82) is 5.26 Å². The Bertz CT molecular complexity index is 1350. The van der Waals surface area contributed by atoms with E-state index >= 15 is 0 Å². The van der Waals surface area contributed by atoms with Crippen molar-refractivity contribution in [2.45, 2.75) is 13.5 Å². The van der Waals surface area contributed by atoms with Gasteiger partial charge in [0.2, 0.25) is 0 Å². The van der Waals surface area contributed by atoms with E-state index in [1.54, 1.807) is 6.07 Å². The molecule has 0 N–H and O–H groups in total. The lowest BCUT2D eigenvalue weighted by atomic mass is 10.00. The quantitative estimate of drug-likeness (QED) is 0.200. The van der Waals surface area contributed by atoms with Gasteiger partial charge in [0.15, 0.2) is 11.5 Å². The summed E-state index contributed by atoms with van der Waals surface area (Å²) in [6.45, 7) is 2.68. The molecular formula is C28H21Cl2NO2. The fraction of sp³-hybridized carbons (Fsp3) is 0.107. The van der Waals surface area contributed by atoms with Crippen LogP contribution in [0.15, 0.2) is 78.9 Å². The maximum Gasteiger partial charge on any atom is 0.180 e. The zero-order chi connectivity index (χ0) is 23.2. The summed E-state index contributed by atoms with van der Waals surface area (Å²) in [5.41, 5.74) is 3.10. The Balaban J connectivity index is 1.65. The molecule has 0 unspecified atom stereocenters. The van der Waals surface area contributed by atoms with Gasteiger partial charge in [0.25, 0.3) is 0 Å². The number of benzene rings is 4. The third kappa shape index (κ3) is 5.49. The first-order chi connectivity index (χ1) is 16.1. The number of hydrogen-bond acceptors (Lipinski definition) is 3. The van der Waals surface area contributed by atoms with Crippen molar-refractivity contribution in [2.75, 3.05) is 6.61 Å². The van der Waals surface area contributed by atoms with Crippen LogP contribution in [0, 0.1) is 11.3 Å². The fourth-order valence-corrected chi connectivity index (χ4v) is 3.91. The van der Waals surface area contributed by atoms with Gasteiger partial charge in [0.05, 0.1) is 23.3 Å². The molecule has 0 atom stereocenters. The molecule has 4 aromatic carbocycles. The highest BCUT2D eigenvalue weighted by Gasteiger charge is 2.13. The minimum atomic E-state index is 0.326. The van der Waals surface area contributed by atoms with Crippen molar-refractivity contribution in [1.82, 2.24) is 0 Å². The van der Waals surface area contributed by atoms with Crippen LogP contribution in [0.25, 0.3) is 22.4 Å². The number of allylic oxidation sites excluding steroid dienone is 1. The molecule has 4 rings (SSSR count). The predicted molar refractivity (Wildman–Crippen MR) is 136 cm³/mol. The number of nitriles is 1. The largest absolute Gasteiger partial charge is 0.490 e. The molecule has 0 saturated heterocycles. The average Bonchev–Trinajstić information content (AvgIpc) is 2.83. The molecule has 0 saturated carbocycles. The second kappa shape index (κ2) is 10.4. The molecule has 0 spiro atoms. The molecule has 5 heteroatoms. The van der Waals surface area contributed by atoms with E-state index in [0.717, 1.165) is 27.5 Å². The normalized spacial score (nSPS) is 11.3. The Morgan fingerprint density at radius 2 is 1.67 bits per heavy atom. The van der Waals surface area contributed by atoms with E-state index in [1.807, 2.05) is 85.8 Å². The van der Waals surface area contributed by atoms with E-state index in [0.29, 0.717) is 40.3 Å². The van der Waals surface area contributed by atoms with Gasteiger partial charge >= 0.3 is 0 Å². The molecule has 0 aliphatic rings. The second-order valence-electron chi connectivity index (χ2n) is 7.41. The Labute approximate surface area is 203 Å². The topological polar surface area (TPSA) is 42.2 Å². The molecule has 0 aromatic heterocycles. The standard InChI is InChI=1S/C28H21Cl2NO2/c1-2-32-27-15-20(14-26(30)28(27)33-18-19-7-11-25(29)12-8-19)13-24(17-31)23-10-9-21-5-3-4-6-22(21)16-23/h3-16H,2,18H2,1H3/b24-13-. The molecule has 0 radical (unpaired) electrons. The molecule has 4 aromatic rings. The molecule has 3 nitrogen and oxygen atoms in total. The smallest absolute Gasteiger partial charge is 0.180 e. The highest BCUT2D eigenvalue weighted by molar-refractivity contribution is 6.32. The van der Waals surface area contributed by atoms with E-state index in [9.17, 15) is 5.26 Å². The molecule has 0 bridgehead atoms. The number of hydrogen-bond donors (Lipinski definition) is 0. The average molecular weight is 474 g/mol. The van der Waals surface area contributed by atoms with E-state index < -0.39 is 0 Å². The summed E-state index contributed by atoms with van der Waals surface area (Å²) in [6.07, 6.45) is 1.81. The second-order valence-corrected chi connectivity index (χ2v) is 8.25. The monoisotopic (exact) mass is 473 g/mol. The summed E-state index contributed by atoms with van der Waals surface area (Å²) in [6, 6.07) is 27.4. The van der Waals surface area contributed by atoms with Gasteiger partial charge in [0.1, 0.15) is 6.61 Å². The van der Waals surface area contributed by atoms with Gasteiger partial charge in [-0.15, -0.1) is 0 Å². The minimum absolute atomic E-state index is 0.326. The zero-order valence-corrected chi connectivity index (χ0v) is 19.5. The van der Waals surface area contributed by atoms with Gasteiger partial charge in [-0.1, -0.05) is 71.7 Å². The van der Waals surface area contributed by atoms with Crippen LogP contribution in [0.1, 0.15) is 23.6 Å². The highest BCUT2D eigenvalue weighted by atomic mass is 35.5. The number of halogens is 2. The third-order valence-corrected chi connectivity index (χ3v) is 5.65. The highest BCUT2D eigenvalue weighted by Crippen LogP contribution is 2.38. The summed E-state index contributed by atoms with van der Waals surface area (Å²) in [4.78, 5) is 0. The van der Waals surface area contributed by atoms with Crippen LogP contribution in [0.5, 0.6) is 11.5 Å². The number of nitrogens with zero attached hydrogens (tertiary/aromatic N) is 1. The summed E-state index contributed by atoms with van der Waals surface area (Å²) in [7, 11) is 0. The van der Waals surface area contributed by atoms with Crippen molar-refractivity contribution in [2.24, 2.45) is 0 Å². The van der Waals surface area contributed by atoms with Crippen LogP contribution >= 0.6 is 23.2 Å². The van der Waals surface area contributed by atoms with Gasteiger partial charge in [0, 0.05) is 5.02 Å². The van der Waals surface area contributed by atoms with E-state index in [-0.39, 0.29) is 0 Å². The molecular weight excluding hydrogens is 453 g/mol. The SMILES string of the molecule is CCOc1cc(/C=C(/C#N)c2ccc3ccccc3c2)cc(Cl)c1OCc1ccc(Cl)cc1. The van der Waals surface area contributed by atoms with Gasteiger partial charge in [-0.3, -0.25) is 0 Å². The summed E-state index contributed by atoms with van der Waals surface area (Å²) < 4.78 is 11.8. The Morgan fingerprint density at radius 3 is 2.39 bits per heavy atom. The van der Waals surface area contributed by atoms with Gasteiger partial charge in [-0.2, -0.15) is 5.26 Å². The van der Waals surface area contributed by atoms with Crippen molar-refractivity contribution in [3.05, 3.63) is 106 Å². The molecule has 164 valence electrons. The van der Waals surface area contributed by atoms with Crippen LogP contribution < -0.4 is 9.47 Å². The van der Waals surface area contributed by atoms with Crippen LogP contribution in [0.4, 0.5) is 0 Å². The van der Waals surface area contributed by atoms with Gasteiger partial charge in [-0.05, 0) is 70.8 Å². The molecule has 0 aliphatic carbocycles. The first-order valence-corrected chi connectivity index (χ1v) is 11.3. The fourth-order valence-electron chi connectivity index (χ4n) is 3.51. The lowest BCUT2D eigenvalue weighted by Crippen LogP contribution is -2.01. The first kappa shape index (κ1) is 22.7. The lowest BCUT2D eigenvalue weighted by molar-refractivity contribution is 0.269. The molecule has 0 amide bonds. The van der Waals surface area contributed by atoms with Crippen LogP contribution in [-0.4, -0.2) is 6.61 Å². The van der Waals surface area contributed by atoms with E-state index in [4.69, 9.17) is 32.7 Å². The minimum Gasteiger partial charge on any atom is -0.490 e. The predicted octanol–water partition coefficient (Wildman–Crippen LogP) is 8.19. The zero-order valence-electron chi connectivity index (χ0n) is 18.0. The Hall–Kier alpha value is -3.45.